The van der Waals surface area contributed by atoms with Crippen molar-refractivity contribution in [2.75, 3.05) is 30.3 Å². The number of aliphatic hydroxyl groups is 1. The van der Waals surface area contributed by atoms with Gasteiger partial charge in [0.15, 0.2) is 0 Å². The summed E-state index contributed by atoms with van der Waals surface area (Å²) in [6.07, 6.45) is 4.89. The van der Waals surface area contributed by atoms with Crippen molar-refractivity contribution in [3.63, 3.8) is 0 Å². The lowest BCUT2D eigenvalue weighted by Crippen LogP contribution is -2.56. The van der Waals surface area contributed by atoms with E-state index in [9.17, 15) is 9.90 Å². The Balaban J connectivity index is 1.72. The Bertz CT molecular complexity index is 660. The van der Waals surface area contributed by atoms with Crippen molar-refractivity contribution < 1.29 is 14.6 Å². The van der Waals surface area contributed by atoms with E-state index < -0.39 is 5.60 Å². The molecule has 1 unspecified atom stereocenters. The highest BCUT2D eigenvalue weighted by molar-refractivity contribution is 7.99. The van der Waals surface area contributed by atoms with E-state index in [4.69, 9.17) is 16.3 Å². The Morgan fingerprint density at radius 3 is 2.72 bits per heavy atom. The maximum atomic E-state index is 12.0. The monoisotopic (exact) mass is 442 g/mol. The lowest BCUT2D eigenvalue weighted by molar-refractivity contribution is -0.144. The number of hydrogen-bond acceptors (Lipinski definition) is 6. The molecule has 0 saturated carbocycles. The van der Waals surface area contributed by atoms with Gasteiger partial charge in [-0.3, -0.25) is 4.79 Å². The zero-order valence-electron chi connectivity index (χ0n) is 18.1. The standard InChI is InChI=1S/C22H35ClN2O3S/c1-5-7-8-16(6-2)15-28-20(26)11-12-29-18-9-10-19(24-21(18)23)25-13-17(14-25)22(3,4)27/h9-10,16-17,27H,5-8,11-15H2,1-4H3. The van der Waals surface area contributed by atoms with Crippen molar-refractivity contribution in [3.8, 4) is 0 Å². The van der Waals surface area contributed by atoms with Gasteiger partial charge in [0.05, 0.1) is 18.6 Å². The van der Waals surface area contributed by atoms with Crippen LogP contribution in [0.25, 0.3) is 0 Å². The lowest BCUT2D eigenvalue weighted by atomic mass is 9.84. The van der Waals surface area contributed by atoms with Crippen LogP contribution in [-0.4, -0.2) is 47.1 Å². The summed E-state index contributed by atoms with van der Waals surface area (Å²) in [7, 11) is 0. The molecule has 1 aliphatic rings. The summed E-state index contributed by atoms with van der Waals surface area (Å²) in [5, 5.41) is 10.5. The first kappa shape index (κ1) is 24.3. The number of carbonyl (C=O) groups excluding carboxylic acids is 1. The van der Waals surface area contributed by atoms with Crippen molar-refractivity contribution in [1.82, 2.24) is 4.98 Å². The number of aromatic nitrogens is 1. The SMILES string of the molecule is CCCCC(CC)COC(=O)CCSc1ccc(N2CC(C(C)(C)O)C2)nc1Cl. The molecule has 2 heterocycles. The van der Waals surface area contributed by atoms with Crippen LogP contribution in [0.4, 0.5) is 5.82 Å². The quantitative estimate of drug-likeness (QED) is 0.273. The second-order valence-corrected chi connectivity index (χ2v) is 9.91. The van der Waals surface area contributed by atoms with E-state index in [0.29, 0.717) is 29.9 Å². The molecule has 0 amide bonds. The van der Waals surface area contributed by atoms with E-state index >= 15 is 0 Å². The van der Waals surface area contributed by atoms with Gasteiger partial charge in [0.1, 0.15) is 11.0 Å². The average Bonchev–Trinajstić information content (AvgIpc) is 2.61. The van der Waals surface area contributed by atoms with Gasteiger partial charge in [-0.2, -0.15) is 0 Å². The minimum absolute atomic E-state index is 0.147. The molecule has 0 aliphatic carbocycles. The highest BCUT2D eigenvalue weighted by Crippen LogP contribution is 2.33. The number of thioether (sulfide) groups is 1. The number of ether oxygens (including phenoxy) is 1. The molecular weight excluding hydrogens is 408 g/mol. The van der Waals surface area contributed by atoms with E-state index in [2.05, 4.69) is 23.7 Å². The molecule has 1 aliphatic heterocycles. The zero-order chi connectivity index (χ0) is 21.4. The molecule has 0 radical (unpaired) electrons. The van der Waals surface area contributed by atoms with Crippen LogP contribution in [0.1, 0.15) is 59.8 Å². The Morgan fingerprint density at radius 2 is 2.14 bits per heavy atom. The van der Waals surface area contributed by atoms with Crippen LogP contribution >= 0.6 is 23.4 Å². The molecule has 0 bridgehead atoms. The Hall–Kier alpha value is -0.980. The van der Waals surface area contributed by atoms with Crippen LogP contribution in [0.15, 0.2) is 17.0 Å². The first-order chi connectivity index (χ1) is 13.7. The molecule has 0 aromatic carbocycles. The number of rotatable bonds is 12. The number of esters is 1. The third kappa shape index (κ3) is 7.65. The molecule has 1 fully saturated rings. The number of unbranched alkanes of at least 4 members (excludes halogenated alkanes) is 1. The topological polar surface area (TPSA) is 62.7 Å². The summed E-state index contributed by atoms with van der Waals surface area (Å²) in [6, 6.07) is 3.91. The number of hydrogen-bond donors (Lipinski definition) is 1. The van der Waals surface area contributed by atoms with Gasteiger partial charge in [0, 0.05) is 29.7 Å². The summed E-state index contributed by atoms with van der Waals surface area (Å²) in [6.45, 7) is 10.1. The first-order valence-corrected chi connectivity index (χ1v) is 12.0. The number of pyridine rings is 1. The molecule has 1 aromatic heterocycles. The smallest absolute Gasteiger partial charge is 0.306 e. The summed E-state index contributed by atoms with van der Waals surface area (Å²) in [4.78, 5) is 19.5. The van der Waals surface area contributed by atoms with Crippen molar-refractivity contribution in [2.45, 2.75) is 70.3 Å². The van der Waals surface area contributed by atoms with Crippen LogP contribution in [-0.2, 0) is 9.53 Å². The second-order valence-electron chi connectivity index (χ2n) is 8.41. The molecule has 7 heteroatoms. The average molecular weight is 443 g/mol. The molecule has 29 heavy (non-hydrogen) atoms. The van der Waals surface area contributed by atoms with Gasteiger partial charge in [-0.1, -0.05) is 44.7 Å². The maximum absolute atomic E-state index is 12.0. The largest absolute Gasteiger partial charge is 0.465 e. The van der Waals surface area contributed by atoms with E-state index in [1.807, 2.05) is 26.0 Å². The van der Waals surface area contributed by atoms with Gasteiger partial charge in [-0.25, -0.2) is 4.98 Å². The minimum atomic E-state index is -0.669. The fraction of sp³-hybridized carbons (Fsp3) is 0.727. The zero-order valence-corrected chi connectivity index (χ0v) is 19.7. The predicted octanol–water partition coefficient (Wildman–Crippen LogP) is 5.18. The van der Waals surface area contributed by atoms with Crippen LogP contribution in [0, 0.1) is 11.8 Å². The highest BCUT2D eigenvalue weighted by Gasteiger charge is 2.38. The summed E-state index contributed by atoms with van der Waals surface area (Å²) < 4.78 is 5.44. The minimum Gasteiger partial charge on any atom is -0.465 e. The molecule has 2 rings (SSSR count). The molecule has 1 atom stereocenters. The normalized spacial score (nSPS) is 15.9. The van der Waals surface area contributed by atoms with E-state index in [-0.39, 0.29) is 11.9 Å². The van der Waals surface area contributed by atoms with Crippen molar-refractivity contribution >= 4 is 35.1 Å². The fourth-order valence-corrected chi connectivity index (χ4v) is 4.36. The Morgan fingerprint density at radius 1 is 1.41 bits per heavy atom. The van der Waals surface area contributed by atoms with E-state index in [1.54, 1.807) is 0 Å². The first-order valence-electron chi connectivity index (χ1n) is 10.7. The lowest BCUT2D eigenvalue weighted by Gasteiger charge is -2.45. The molecule has 1 saturated heterocycles. The molecule has 0 spiro atoms. The molecule has 164 valence electrons. The highest BCUT2D eigenvalue weighted by atomic mass is 35.5. The van der Waals surface area contributed by atoms with Crippen LogP contribution < -0.4 is 4.90 Å². The third-order valence-electron chi connectivity index (χ3n) is 5.59. The summed E-state index contributed by atoms with van der Waals surface area (Å²) in [5.74, 6) is 2.02. The second kappa shape index (κ2) is 11.4. The molecular formula is C22H35ClN2O3S. The fourth-order valence-electron chi connectivity index (χ4n) is 3.23. The van der Waals surface area contributed by atoms with Crippen molar-refractivity contribution in [3.05, 3.63) is 17.3 Å². The number of anilines is 1. The van der Waals surface area contributed by atoms with E-state index in [1.165, 1.54) is 24.6 Å². The predicted molar refractivity (Wildman–Crippen MR) is 121 cm³/mol. The van der Waals surface area contributed by atoms with Gasteiger partial charge in [-0.15, -0.1) is 11.8 Å². The Labute approximate surface area is 184 Å². The number of carbonyl (C=O) groups is 1. The van der Waals surface area contributed by atoms with Crippen LogP contribution in [0.3, 0.4) is 0 Å². The van der Waals surface area contributed by atoms with Gasteiger partial charge in [0.25, 0.3) is 0 Å². The number of halogens is 1. The molecule has 5 nitrogen and oxygen atoms in total. The van der Waals surface area contributed by atoms with E-state index in [0.717, 1.165) is 36.6 Å². The molecule has 1 N–H and O–H groups in total. The van der Waals surface area contributed by atoms with Gasteiger partial charge in [-0.05, 0) is 38.3 Å². The Kier molecular flexibility index (Phi) is 9.57. The number of nitrogens with zero attached hydrogens (tertiary/aromatic N) is 2. The van der Waals surface area contributed by atoms with Crippen molar-refractivity contribution in [1.29, 1.82) is 0 Å². The van der Waals surface area contributed by atoms with Crippen LogP contribution in [0.5, 0.6) is 0 Å². The van der Waals surface area contributed by atoms with Gasteiger partial charge >= 0.3 is 5.97 Å². The summed E-state index contributed by atoms with van der Waals surface area (Å²) in [5.41, 5.74) is -0.669. The summed E-state index contributed by atoms with van der Waals surface area (Å²) >= 11 is 7.87. The van der Waals surface area contributed by atoms with Crippen LogP contribution in [0.2, 0.25) is 5.15 Å². The van der Waals surface area contributed by atoms with Crippen molar-refractivity contribution in [2.24, 2.45) is 11.8 Å². The van der Waals surface area contributed by atoms with Gasteiger partial charge < -0.3 is 14.7 Å². The van der Waals surface area contributed by atoms with Gasteiger partial charge in [0.2, 0.25) is 0 Å². The molecule has 1 aromatic rings. The maximum Gasteiger partial charge on any atom is 0.306 e. The third-order valence-corrected chi connectivity index (χ3v) is 7.04.